The second-order valence-corrected chi connectivity index (χ2v) is 4.13. The SMILES string of the molecule is COc1ccc(/C(C)=N\N2CCOCC2)c(O)c1. The van der Waals surface area contributed by atoms with Crippen LogP contribution in [0.4, 0.5) is 0 Å². The van der Waals surface area contributed by atoms with E-state index in [1.165, 1.54) is 0 Å². The summed E-state index contributed by atoms with van der Waals surface area (Å²) in [5.41, 5.74) is 1.51. The zero-order chi connectivity index (χ0) is 13.0. The van der Waals surface area contributed by atoms with Crippen molar-refractivity contribution in [1.82, 2.24) is 5.01 Å². The summed E-state index contributed by atoms with van der Waals surface area (Å²) in [7, 11) is 1.57. The number of hydrazone groups is 1. The Morgan fingerprint density at radius 1 is 1.39 bits per heavy atom. The Morgan fingerprint density at radius 2 is 2.11 bits per heavy atom. The van der Waals surface area contributed by atoms with E-state index in [1.54, 1.807) is 13.2 Å². The van der Waals surface area contributed by atoms with Crippen molar-refractivity contribution < 1.29 is 14.6 Å². The van der Waals surface area contributed by atoms with Gasteiger partial charge in [0.15, 0.2) is 0 Å². The fraction of sp³-hybridized carbons (Fsp3) is 0.462. The first-order valence-electron chi connectivity index (χ1n) is 5.96. The van der Waals surface area contributed by atoms with Gasteiger partial charge in [0.1, 0.15) is 11.5 Å². The standard InChI is InChI=1S/C13H18N2O3/c1-10(14-15-5-7-18-8-6-15)12-4-3-11(17-2)9-13(12)16/h3-4,9,16H,5-8H2,1-2H3/b14-10-. The summed E-state index contributed by atoms with van der Waals surface area (Å²) in [6.07, 6.45) is 0. The number of aromatic hydroxyl groups is 1. The molecule has 5 heteroatoms. The van der Waals surface area contributed by atoms with Crippen LogP contribution in [0.5, 0.6) is 11.5 Å². The van der Waals surface area contributed by atoms with Crippen LogP contribution in [0.1, 0.15) is 12.5 Å². The first-order chi connectivity index (χ1) is 8.70. The number of methoxy groups -OCH3 is 1. The van der Waals surface area contributed by atoms with Crippen molar-refractivity contribution in [3.63, 3.8) is 0 Å². The fourth-order valence-electron chi connectivity index (χ4n) is 1.86. The number of ether oxygens (including phenoxy) is 2. The third-order valence-electron chi connectivity index (χ3n) is 2.87. The summed E-state index contributed by atoms with van der Waals surface area (Å²) >= 11 is 0. The summed E-state index contributed by atoms with van der Waals surface area (Å²) in [6, 6.07) is 5.22. The first-order valence-corrected chi connectivity index (χ1v) is 5.96. The molecule has 0 radical (unpaired) electrons. The van der Waals surface area contributed by atoms with Crippen molar-refractivity contribution in [2.45, 2.75) is 6.92 Å². The lowest BCUT2D eigenvalue weighted by atomic mass is 10.1. The first kappa shape index (κ1) is 12.7. The maximum atomic E-state index is 9.92. The van der Waals surface area contributed by atoms with E-state index < -0.39 is 0 Å². The lowest BCUT2D eigenvalue weighted by molar-refractivity contribution is 0.0393. The highest BCUT2D eigenvalue weighted by molar-refractivity contribution is 6.01. The maximum Gasteiger partial charge on any atom is 0.128 e. The number of phenolic OH excluding ortho intramolecular Hbond substituents is 1. The minimum Gasteiger partial charge on any atom is -0.507 e. The highest BCUT2D eigenvalue weighted by atomic mass is 16.5. The molecule has 0 saturated carbocycles. The van der Waals surface area contributed by atoms with Gasteiger partial charge in [0, 0.05) is 11.6 Å². The van der Waals surface area contributed by atoms with E-state index >= 15 is 0 Å². The normalized spacial score (nSPS) is 16.8. The molecule has 1 heterocycles. The molecule has 0 amide bonds. The molecule has 5 nitrogen and oxygen atoms in total. The van der Waals surface area contributed by atoms with Crippen LogP contribution < -0.4 is 4.74 Å². The smallest absolute Gasteiger partial charge is 0.128 e. The van der Waals surface area contributed by atoms with Gasteiger partial charge in [-0.2, -0.15) is 5.10 Å². The molecule has 1 N–H and O–H groups in total. The Kier molecular flexibility index (Phi) is 4.04. The second kappa shape index (κ2) is 5.73. The van der Waals surface area contributed by atoms with E-state index in [-0.39, 0.29) is 5.75 Å². The average Bonchev–Trinajstić information content (AvgIpc) is 2.39. The van der Waals surface area contributed by atoms with Crippen molar-refractivity contribution >= 4 is 5.71 Å². The van der Waals surface area contributed by atoms with Crippen LogP contribution in [-0.2, 0) is 4.74 Å². The monoisotopic (exact) mass is 250 g/mol. The van der Waals surface area contributed by atoms with Gasteiger partial charge in [-0.15, -0.1) is 0 Å². The molecular formula is C13H18N2O3. The number of hydrogen-bond donors (Lipinski definition) is 1. The van der Waals surface area contributed by atoms with Crippen LogP contribution in [-0.4, -0.2) is 49.2 Å². The van der Waals surface area contributed by atoms with Gasteiger partial charge in [0.25, 0.3) is 0 Å². The fourth-order valence-corrected chi connectivity index (χ4v) is 1.86. The molecule has 18 heavy (non-hydrogen) atoms. The third-order valence-corrected chi connectivity index (χ3v) is 2.87. The largest absolute Gasteiger partial charge is 0.507 e. The lowest BCUT2D eigenvalue weighted by Gasteiger charge is -2.24. The van der Waals surface area contributed by atoms with Crippen molar-refractivity contribution in [2.24, 2.45) is 5.10 Å². The summed E-state index contributed by atoms with van der Waals surface area (Å²) in [4.78, 5) is 0. The summed E-state index contributed by atoms with van der Waals surface area (Å²) in [5.74, 6) is 0.819. The van der Waals surface area contributed by atoms with E-state index in [9.17, 15) is 5.11 Å². The molecule has 0 aromatic heterocycles. The molecule has 0 unspecified atom stereocenters. The van der Waals surface area contributed by atoms with Gasteiger partial charge in [-0.05, 0) is 19.1 Å². The molecule has 1 aromatic carbocycles. The topological polar surface area (TPSA) is 54.3 Å². The lowest BCUT2D eigenvalue weighted by Crippen LogP contribution is -2.33. The number of rotatable bonds is 3. The zero-order valence-corrected chi connectivity index (χ0v) is 10.7. The maximum absolute atomic E-state index is 9.92. The number of hydrogen-bond acceptors (Lipinski definition) is 5. The quantitative estimate of drug-likeness (QED) is 0.825. The van der Waals surface area contributed by atoms with Gasteiger partial charge in [-0.1, -0.05) is 0 Å². The number of nitrogens with zero attached hydrogens (tertiary/aromatic N) is 2. The molecular weight excluding hydrogens is 232 g/mol. The number of benzene rings is 1. The van der Waals surface area contributed by atoms with E-state index in [0.717, 1.165) is 24.4 Å². The highest BCUT2D eigenvalue weighted by Gasteiger charge is 2.11. The molecule has 98 valence electrons. The van der Waals surface area contributed by atoms with E-state index in [4.69, 9.17) is 9.47 Å². The predicted octanol–water partition coefficient (Wildman–Crippen LogP) is 1.46. The molecule has 0 spiro atoms. The minimum absolute atomic E-state index is 0.184. The third kappa shape index (κ3) is 2.92. The summed E-state index contributed by atoms with van der Waals surface area (Å²) in [5, 5.41) is 16.4. The van der Waals surface area contributed by atoms with Crippen molar-refractivity contribution in [2.75, 3.05) is 33.4 Å². The molecule has 1 saturated heterocycles. The number of morpholine rings is 1. The van der Waals surface area contributed by atoms with Gasteiger partial charge < -0.3 is 14.6 Å². The molecule has 1 aromatic rings. The summed E-state index contributed by atoms with van der Waals surface area (Å²) < 4.78 is 10.3. The molecule has 2 rings (SSSR count). The molecule has 1 fully saturated rings. The summed E-state index contributed by atoms with van der Waals surface area (Å²) in [6.45, 7) is 4.86. The minimum atomic E-state index is 0.184. The van der Waals surface area contributed by atoms with Gasteiger partial charge in [-0.3, -0.25) is 5.01 Å². The van der Waals surface area contributed by atoms with Gasteiger partial charge in [0.05, 0.1) is 39.1 Å². The Hall–Kier alpha value is -1.75. The van der Waals surface area contributed by atoms with Gasteiger partial charge in [0.2, 0.25) is 0 Å². The van der Waals surface area contributed by atoms with Crippen LogP contribution in [0.25, 0.3) is 0 Å². The van der Waals surface area contributed by atoms with Gasteiger partial charge in [-0.25, -0.2) is 0 Å². The highest BCUT2D eigenvalue weighted by Crippen LogP contribution is 2.24. The van der Waals surface area contributed by atoms with E-state index in [2.05, 4.69) is 5.10 Å². The Bertz CT molecular complexity index is 440. The van der Waals surface area contributed by atoms with Crippen LogP contribution in [0.3, 0.4) is 0 Å². The molecule has 0 bridgehead atoms. The zero-order valence-electron chi connectivity index (χ0n) is 10.7. The molecule has 1 aliphatic heterocycles. The van der Waals surface area contributed by atoms with Gasteiger partial charge >= 0.3 is 0 Å². The Morgan fingerprint density at radius 3 is 2.72 bits per heavy atom. The van der Waals surface area contributed by atoms with Crippen molar-refractivity contribution in [1.29, 1.82) is 0 Å². The van der Waals surface area contributed by atoms with Crippen LogP contribution in [0.15, 0.2) is 23.3 Å². The average molecular weight is 250 g/mol. The van der Waals surface area contributed by atoms with E-state index in [1.807, 2.05) is 24.1 Å². The molecule has 0 atom stereocenters. The molecule has 1 aliphatic rings. The second-order valence-electron chi connectivity index (χ2n) is 4.13. The predicted molar refractivity (Wildman–Crippen MR) is 69.3 cm³/mol. The number of phenols is 1. The Labute approximate surface area is 107 Å². The van der Waals surface area contributed by atoms with E-state index in [0.29, 0.717) is 19.0 Å². The van der Waals surface area contributed by atoms with Crippen LogP contribution >= 0.6 is 0 Å². The Balaban J connectivity index is 2.16. The van der Waals surface area contributed by atoms with Crippen LogP contribution in [0.2, 0.25) is 0 Å². The van der Waals surface area contributed by atoms with Crippen LogP contribution in [0, 0.1) is 0 Å². The molecule has 0 aliphatic carbocycles. The van der Waals surface area contributed by atoms with Crippen molar-refractivity contribution in [3.8, 4) is 11.5 Å². The van der Waals surface area contributed by atoms with Crippen molar-refractivity contribution in [3.05, 3.63) is 23.8 Å².